The first kappa shape index (κ1) is 16.5. The Labute approximate surface area is 123 Å². The molecule has 2 rings (SSSR count). The van der Waals surface area contributed by atoms with Gasteiger partial charge in [0.2, 0.25) is 0 Å². The highest BCUT2D eigenvalue weighted by atomic mass is 35.5. The van der Waals surface area contributed by atoms with E-state index in [0.29, 0.717) is 11.3 Å². The van der Waals surface area contributed by atoms with Crippen LogP contribution >= 0.6 is 12.4 Å². The van der Waals surface area contributed by atoms with Crippen LogP contribution in [0.3, 0.4) is 0 Å². The number of likely N-dealkylation sites (tertiary alicyclic amines) is 1. The van der Waals surface area contributed by atoms with Crippen LogP contribution in [0.25, 0.3) is 0 Å². The van der Waals surface area contributed by atoms with E-state index >= 15 is 0 Å². The van der Waals surface area contributed by atoms with Gasteiger partial charge >= 0.3 is 0 Å². The number of nitrogens with zero attached hydrogens (tertiary/aromatic N) is 1. The van der Waals surface area contributed by atoms with E-state index in [4.69, 9.17) is 5.73 Å². The highest BCUT2D eigenvalue weighted by molar-refractivity contribution is 5.85. The summed E-state index contributed by atoms with van der Waals surface area (Å²) in [5.74, 6) is 0.617. The molecular weight excluding hydrogens is 256 g/mol. The third-order valence-electron chi connectivity index (χ3n) is 4.18. The third-order valence-corrected chi connectivity index (χ3v) is 4.18. The molecule has 1 saturated heterocycles. The fourth-order valence-electron chi connectivity index (χ4n) is 2.69. The highest BCUT2D eigenvalue weighted by Crippen LogP contribution is 2.29. The van der Waals surface area contributed by atoms with E-state index in [1.54, 1.807) is 0 Å². The molecule has 1 aliphatic heterocycles. The lowest BCUT2D eigenvalue weighted by atomic mass is 9.90. The molecule has 0 amide bonds. The first-order valence-electron chi connectivity index (χ1n) is 7.04. The van der Waals surface area contributed by atoms with Crippen molar-refractivity contribution in [3.05, 3.63) is 35.4 Å². The maximum atomic E-state index is 5.85. The molecule has 108 valence electrons. The van der Waals surface area contributed by atoms with Crippen LogP contribution in [0, 0.1) is 5.41 Å². The molecule has 0 aliphatic carbocycles. The van der Waals surface area contributed by atoms with E-state index in [2.05, 4.69) is 49.9 Å². The van der Waals surface area contributed by atoms with Crippen molar-refractivity contribution in [1.82, 2.24) is 4.90 Å². The number of benzene rings is 1. The van der Waals surface area contributed by atoms with Crippen LogP contribution in [-0.4, -0.2) is 24.5 Å². The second-order valence-corrected chi connectivity index (χ2v) is 6.37. The van der Waals surface area contributed by atoms with Crippen LogP contribution < -0.4 is 5.73 Å². The molecule has 1 fully saturated rings. The molecule has 3 heteroatoms. The highest BCUT2D eigenvalue weighted by Gasteiger charge is 2.32. The van der Waals surface area contributed by atoms with Gasteiger partial charge in [-0.15, -0.1) is 12.4 Å². The largest absolute Gasteiger partial charge is 0.330 e. The van der Waals surface area contributed by atoms with Crippen LogP contribution in [0.4, 0.5) is 0 Å². The summed E-state index contributed by atoms with van der Waals surface area (Å²) < 4.78 is 0. The van der Waals surface area contributed by atoms with Crippen LogP contribution in [0.15, 0.2) is 24.3 Å². The molecule has 1 unspecified atom stereocenters. The average molecular weight is 283 g/mol. The topological polar surface area (TPSA) is 29.3 Å². The predicted octanol–water partition coefficient (Wildman–Crippen LogP) is 3.40. The monoisotopic (exact) mass is 282 g/mol. The van der Waals surface area contributed by atoms with E-state index in [1.165, 1.54) is 24.1 Å². The van der Waals surface area contributed by atoms with Crippen molar-refractivity contribution >= 4 is 12.4 Å². The summed E-state index contributed by atoms with van der Waals surface area (Å²) in [7, 11) is 0. The minimum Gasteiger partial charge on any atom is -0.330 e. The lowest BCUT2D eigenvalue weighted by Gasteiger charge is -2.22. The second-order valence-electron chi connectivity index (χ2n) is 6.37. The molecule has 2 N–H and O–H groups in total. The summed E-state index contributed by atoms with van der Waals surface area (Å²) in [6.45, 7) is 11.0. The quantitative estimate of drug-likeness (QED) is 0.917. The van der Waals surface area contributed by atoms with Gasteiger partial charge in [-0.1, -0.05) is 45.0 Å². The van der Waals surface area contributed by atoms with Crippen molar-refractivity contribution in [2.24, 2.45) is 11.1 Å². The van der Waals surface area contributed by atoms with E-state index in [0.717, 1.165) is 19.6 Å². The van der Waals surface area contributed by atoms with Gasteiger partial charge in [0.15, 0.2) is 0 Å². The summed E-state index contributed by atoms with van der Waals surface area (Å²) in [6.07, 6.45) is 1.23. The number of hydrogen-bond acceptors (Lipinski definition) is 2. The van der Waals surface area contributed by atoms with Crippen molar-refractivity contribution < 1.29 is 0 Å². The molecule has 1 atom stereocenters. The molecule has 0 spiro atoms. The Bertz CT molecular complexity index is 388. The maximum absolute atomic E-state index is 5.85. The molecule has 19 heavy (non-hydrogen) atoms. The fraction of sp³-hybridized carbons (Fsp3) is 0.625. The number of nitrogens with two attached hydrogens (primary N) is 1. The lowest BCUT2D eigenvalue weighted by molar-refractivity contribution is 0.274. The normalized spacial score (nSPS) is 23.6. The number of rotatable bonds is 4. The molecule has 0 bridgehead atoms. The standard InChI is InChI=1S/C16H26N2.ClH/c1-13(2)15-6-4-14(5-7-15)10-18-9-8-16(3,11-17)12-18;/h4-7,13H,8-12,17H2,1-3H3;1H. The van der Waals surface area contributed by atoms with Gasteiger partial charge in [0.05, 0.1) is 0 Å². The average Bonchev–Trinajstić information content (AvgIpc) is 2.72. The Balaban J connectivity index is 0.00000180. The van der Waals surface area contributed by atoms with Crippen LogP contribution in [0.2, 0.25) is 0 Å². The Morgan fingerprint density at radius 2 is 1.89 bits per heavy atom. The third kappa shape index (κ3) is 4.20. The minimum atomic E-state index is 0. The van der Waals surface area contributed by atoms with E-state index < -0.39 is 0 Å². The van der Waals surface area contributed by atoms with Crippen LogP contribution in [-0.2, 0) is 6.54 Å². The van der Waals surface area contributed by atoms with Crippen molar-refractivity contribution in [3.63, 3.8) is 0 Å². The van der Waals surface area contributed by atoms with Gasteiger partial charge in [-0.2, -0.15) is 0 Å². The zero-order chi connectivity index (χ0) is 13.2. The Morgan fingerprint density at radius 1 is 1.26 bits per heavy atom. The second kappa shape index (κ2) is 6.74. The molecule has 0 aromatic heterocycles. The van der Waals surface area contributed by atoms with E-state index in [1.807, 2.05) is 0 Å². The maximum Gasteiger partial charge on any atom is 0.0233 e. The van der Waals surface area contributed by atoms with Gasteiger partial charge in [0, 0.05) is 13.1 Å². The summed E-state index contributed by atoms with van der Waals surface area (Å²) in [6, 6.07) is 9.07. The summed E-state index contributed by atoms with van der Waals surface area (Å²) >= 11 is 0. The lowest BCUT2D eigenvalue weighted by Crippen LogP contribution is -2.31. The zero-order valence-corrected chi connectivity index (χ0v) is 13.2. The first-order valence-corrected chi connectivity index (χ1v) is 7.04. The fourth-order valence-corrected chi connectivity index (χ4v) is 2.69. The van der Waals surface area contributed by atoms with Gasteiger partial charge in [-0.05, 0) is 42.0 Å². The zero-order valence-electron chi connectivity index (χ0n) is 12.4. The van der Waals surface area contributed by atoms with Crippen molar-refractivity contribution in [2.75, 3.05) is 19.6 Å². The smallest absolute Gasteiger partial charge is 0.0233 e. The summed E-state index contributed by atoms with van der Waals surface area (Å²) in [5.41, 5.74) is 9.02. The van der Waals surface area contributed by atoms with Crippen molar-refractivity contribution in [3.8, 4) is 0 Å². The molecule has 1 heterocycles. The molecule has 1 aromatic rings. The predicted molar refractivity (Wildman–Crippen MR) is 84.8 cm³/mol. The molecule has 2 nitrogen and oxygen atoms in total. The van der Waals surface area contributed by atoms with Crippen molar-refractivity contribution in [1.29, 1.82) is 0 Å². The SMILES string of the molecule is CC(C)c1ccc(CN2CCC(C)(CN)C2)cc1.Cl. The van der Waals surface area contributed by atoms with Gasteiger partial charge in [0.25, 0.3) is 0 Å². The molecular formula is C16H27ClN2. The van der Waals surface area contributed by atoms with Crippen molar-refractivity contribution in [2.45, 2.75) is 39.7 Å². The van der Waals surface area contributed by atoms with Crippen LogP contribution in [0.5, 0.6) is 0 Å². The van der Waals surface area contributed by atoms with Gasteiger partial charge in [0.1, 0.15) is 0 Å². The van der Waals surface area contributed by atoms with Crippen LogP contribution in [0.1, 0.15) is 44.2 Å². The number of hydrogen-bond donors (Lipinski definition) is 1. The molecule has 0 radical (unpaired) electrons. The molecule has 1 aliphatic rings. The minimum absolute atomic E-state index is 0. The first-order chi connectivity index (χ1) is 8.52. The van der Waals surface area contributed by atoms with E-state index in [-0.39, 0.29) is 12.4 Å². The van der Waals surface area contributed by atoms with Gasteiger partial charge < -0.3 is 5.73 Å². The Kier molecular flexibility index (Phi) is 5.84. The molecule has 0 saturated carbocycles. The summed E-state index contributed by atoms with van der Waals surface area (Å²) in [5, 5.41) is 0. The summed E-state index contributed by atoms with van der Waals surface area (Å²) in [4.78, 5) is 2.53. The van der Waals surface area contributed by atoms with Gasteiger partial charge in [-0.25, -0.2) is 0 Å². The number of halogens is 1. The Hall–Kier alpha value is -0.570. The molecule has 1 aromatic carbocycles. The van der Waals surface area contributed by atoms with E-state index in [9.17, 15) is 0 Å². The van der Waals surface area contributed by atoms with Gasteiger partial charge in [-0.3, -0.25) is 4.90 Å². The Morgan fingerprint density at radius 3 is 2.37 bits per heavy atom.